The topological polar surface area (TPSA) is 95.3 Å². The van der Waals surface area contributed by atoms with Crippen molar-refractivity contribution in [2.75, 3.05) is 18.2 Å². The Morgan fingerprint density at radius 2 is 1.88 bits per heavy atom. The van der Waals surface area contributed by atoms with E-state index in [0.717, 1.165) is 10.6 Å². The third-order valence-electron chi connectivity index (χ3n) is 5.13. The summed E-state index contributed by atoms with van der Waals surface area (Å²) in [5.41, 5.74) is 1.61. The van der Waals surface area contributed by atoms with E-state index in [4.69, 9.17) is 9.47 Å². The van der Waals surface area contributed by atoms with Crippen LogP contribution >= 0.6 is 23.1 Å². The molecule has 1 aromatic carbocycles. The number of amides is 1. The van der Waals surface area contributed by atoms with Crippen molar-refractivity contribution in [1.29, 1.82) is 0 Å². The number of hydrogen-bond donors (Lipinski definition) is 1. The molecule has 0 radical (unpaired) electrons. The van der Waals surface area contributed by atoms with Crippen LogP contribution in [0.5, 0.6) is 5.75 Å². The Morgan fingerprint density at radius 3 is 2.50 bits per heavy atom. The lowest BCUT2D eigenvalue weighted by molar-refractivity contribution is -0.113. The summed E-state index contributed by atoms with van der Waals surface area (Å²) in [6.45, 7) is 10.7. The first-order chi connectivity index (χ1) is 16.2. The summed E-state index contributed by atoms with van der Waals surface area (Å²) in [6, 6.07) is 9.77. The third-order valence-corrected chi connectivity index (χ3v) is 7.06. The number of aryl methyl sites for hydroxylation is 1. The quantitative estimate of drug-likeness (QED) is 0.291. The first-order valence-electron chi connectivity index (χ1n) is 11.0. The normalized spacial score (nSPS) is 12.0. The van der Waals surface area contributed by atoms with Crippen LogP contribution in [0.3, 0.4) is 0 Å². The molecule has 1 unspecified atom stereocenters. The van der Waals surface area contributed by atoms with E-state index < -0.39 is 5.97 Å². The van der Waals surface area contributed by atoms with Crippen molar-refractivity contribution in [3.63, 3.8) is 0 Å². The molecular formula is C24H30N4O4S2. The van der Waals surface area contributed by atoms with E-state index >= 15 is 0 Å². The van der Waals surface area contributed by atoms with Gasteiger partial charge in [-0.1, -0.05) is 37.7 Å². The van der Waals surface area contributed by atoms with Crippen LogP contribution in [0.4, 0.5) is 5.00 Å². The summed E-state index contributed by atoms with van der Waals surface area (Å²) in [5.74, 6) is 1.34. The number of methoxy groups -OCH3 is 1. The monoisotopic (exact) mass is 502 g/mol. The number of nitrogens with zero attached hydrogens (tertiary/aromatic N) is 3. The van der Waals surface area contributed by atoms with Crippen LogP contribution in [0, 0.1) is 6.92 Å². The van der Waals surface area contributed by atoms with Crippen LogP contribution in [0.25, 0.3) is 0 Å². The molecule has 0 spiro atoms. The molecule has 1 amide bonds. The summed E-state index contributed by atoms with van der Waals surface area (Å²) in [7, 11) is 1.32. The number of anilines is 1. The van der Waals surface area contributed by atoms with Gasteiger partial charge in [-0.15, -0.1) is 21.5 Å². The molecule has 10 heteroatoms. The fraction of sp³-hybridized carbons (Fsp3) is 0.417. The summed E-state index contributed by atoms with van der Waals surface area (Å²) >= 11 is 2.62. The highest BCUT2D eigenvalue weighted by Gasteiger charge is 2.21. The molecule has 3 aromatic rings. The van der Waals surface area contributed by atoms with E-state index in [9.17, 15) is 9.59 Å². The fourth-order valence-electron chi connectivity index (χ4n) is 3.35. The van der Waals surface area contributed by atoms with Crippen molar-refractivity contribution in [2.45, 2.75) is 58.3 Å². The van der Waals surface area contributed by atoms with Crippen LogP contribution in [-0.2, 0) is 16.1 Å². The lowest BCUT2D eigenvalue weighted by Gasteiger charge is -2.16. The number of carbonyl (C=O) groups excluding carboxylic acids is 2. The maximum absolute atomic E-state index is 12.6. The molecule has 2 aromatic heterocycles. The van der Waals surface area contributed by atoms with Gasteiger partial charge >= 0.3 is 5.97 Å². The predicted octanol–water partition coefficient (Wildman–Crippen LogP) is 5.45. The highest BCUT2D eigenvalue weighted by Crippen LogP contribution is 2.29. The van der Waals surface area contributed by atoms with Gasteiger partial charge in [-0.05, 0) is 50.5 Å². The molecule has 0 fully saturated rings. The van der Waals surface area contributed by atoms with Gasteiger partial charge in [-0.25, -0.2) is 4.79 Å². The zero-order chi connectivity index (χ0) is 24.8. The molecule has 0 saturated carbocycles. The van der Waals surface area contributed by atoms with Crippen molar-refractivity contribution >= 4 is 40.0 Å². The average Bonchev–Trinajstić information content (AvgIpc) is 3.40. The smallest absolute Gasteiger partial charge is 0.340 e. The van der Waals surface area contributed by atoms with Crippen LogP contribution in [-0.4, -0.2) is 39.5 Å². The summed E-state index contributed by atoms with van der Waals surface area (Å²) in [6.07, 6.45) is -0.308. The van der Waals surface area contributed by atoms with Gasteiger partial charge in [0.2, 0.25) is 5.91 Å². The van der Waals surface area contributed by atoms with Crippen LogP contribution in [0.1, 0.15) is 66.3 Å². The molecule has 0 aliphatic rings. The van der Waals surface area contributed by atoms with E-state index in [0.29, 0.717) is 34.0 Å². The Hall–Kier alpha value is -2.85. The maximum Gasteiger partial charge on any atom is 0.340 e. The van der Waals surface area contributed by atoms with E-state index in [1.807, 2.05) is 37.5 Å². The molecular weight excluding hydrogens is 472 g/mol. The Labute approximate surface area is 208 Å². The lowest BCUT2D eigenvalue weighted by Crippen LogP contribution is -2.16. The third kappa shape index (κ3) is 6.18. The van der Waals surface area contributed by atoms with Crippen molar-refractivity contribution in [3.05, 3.63) is 52.2 Å². The number of thiophene rings is 1. The highest BCUT2D eigenvalue weighted by atomic mass is 32.2. The highest BCUT2D eigenvalue weighted by molar-refractivity contribution is 7.99. The minimum Gasteiger partial charge on any atom is -0.483 e. The van der Waals surface area contributed by atoms with Crippen molar-refractivity contribution < 1.29 is 19.1 Å². The van der Waals surface area contributed by atoms with Gasteiger partial charge in [0.1, 0.15) is 10.8 Å². The van der Waals surface area contributed by atoms with Gasteiger partial charge in [-0.2, -0.15) is 0 Å². The number of esters is 1. The zero-order valence-electron chi connectivity index (χ0n) is 20.2. The number of nitrogens with one attached hydrogen (secondary N) is 1. The van der Waals surface area contributed by atoms with E-state index in [1.165, 1.54) is 35.8 Å². The minimum absolute atomic E-state index is 0.127. The number of benzene rings is 1. The average molecular weight is 503 g/mol. The molecule has 0 aliphatic heterocycles. The van der Waals surface area contributed by atoms with Crippen LogP contribution < -0.4 is 10.1 Å². The molecule has 182 valence electrons. The Kier molecular flexibility index (Phi) is 8.73. The number of carbonyl (C=O) groups is 2. The van der Waals surface area contributed by atoms with E-state index in [1.54, 1.807) is 6.07 Å². The molecule has 1 N–H and O–H groups in total. The molecule has 34 heavy (non-hydrogen) atoms. The van der Waals surface area contributed by atoms with Crippen molar-refractivity contribution in [3.8, 4) is 5.75 Å². The summed E-state index contributed by atoms with van der Waals surface area (Å²) < 4.78 is 12.8. The molecule has 8 nitrogen and oxygen atoms in total. The first kappa shape index (κ1) is 25.8. The van der Waals surface area contributed by atoms with Crippen molar-refractivity contribution in [2.24, 2.45) is 0 Å². The number of rotatable bonds is 10. The van der Waals surface area contributed by atoms with Gasteiger partial charge in [0.15, 0.2) is 17.1 Å². The molecule has 0 aliphatic carbocycles. The largest absolute Gasteiger partial charge is 0.483 e. The first-order valence-corrected chi connectivity index (χ1v) is 12.8. The number of hydrogen-bond acceptors (Lipinski definition) is 8. The number of thioether (sulfide) groups is 1. The van der Waals surface area contributed by atoms with Gasteiger partial charge in [0, 0.05) is 11.4 Å². The molecule has 0 saturated heterocycles. The van der Waals surface area contributed by atoms with Gasteiger partial charge in [0.05, 0.1) is 18.4 Å². The number of aromatic nitrogens is 3. The van der Waals surface area contributed by atoms with Crippen molar-refractivity contribution in [1.82, 2.24) is 14.8 Å². The second kappa shape index (κ2) is 11.5. The zero-order valence-corrected chi connectivity index (χ0v) is 21.9. The predicted molar refractivity (Wildman–Crippen MR) is 135 cm³/mol. The molecule has 1 atom stereocenters. The Balaban J connectivity index is 1.64. The van der Waals surface area contributed by atoms with Gasteiger partial charge < -0.3 is 19.4 Å². The summed E-state index contributed by atoms with van der Waals surface area (Å²) in [4.78, 5) is 25.4. The van der Waals surface area contributed by atoms with E-state index in [2.05, 4.69) is 41.5 Å². The standard InChI is InChI=1S/C24H30N4O4S2/c1-7-28-21(16(5)32-18-10-8-17(9-11-18)14(2)3)26-27-24(28)33-13-20(29)25-22-19(23(30)31-6)12-15(4)34-22/h8-12,14,16H,7,13H2,1-6H3,(H,25,29). The fourth-order valence-corrected chi connectivity index (χ4v) is 5.08. The molecule has 3 rings (SSSR count). The molecule has 0 bridgehead atoms. The maximum atomic E-state index is 12.6. The number of ether oxygens (including phenoxy) is 2. The lowest BCUT2D eigenvalue weighted by atomic mass is 10.0. The Morgan fingerprint density at radius 1 is 1.18 bits per heavy atom. The van der Waals surface area contributed by atoms with Gasteiger partial charge in [0.25, 0.3) is 0 Å². The van der Waals surface area contributed by atoms with Crippen LogP contribution in [0.15, 0.2) is 35.5 Å². The van der Waals surface area contributed by atoms with Crippen LogP contribution in [0.2, 0.25) is 0 Å². The Bertz CT molecular complexity index is 1140. The minimum atomic E-state index is -0.476. The van der Waals surface area contributed by atoms with Gasteiger partial charge in [-0.3, -0.25) is 4.79 Å². The summed E-state index contributed by atoms with van der Waals surface area (Å²) in [5, 5.41) is 12.5. The van der Waals surface area contributed by atoms with E-state index in [-0.39, 0.29) is 17.8 Å². The SMILES string of the molecule is CCn1c(SCC(=O)Nc2sc(C)cc2C(=O)OC)nnc1C(C)Oc1ccc(C(C)C)cc1. The second-order valence-electron chi connectivity index (χ2n) is 8.00. The molecule has 2 heterocycles. The second-order valence-corrected chi connectivity index (χ2v) is 10.2.